The standard InChI is InChI=1S/C15H13ClFN3S/c1-9-11(2-5-19-14-3-4-18-8-20-14)12-6-10(17)7-13(16)15(12)21-9/h3-4,6-8H,2,5H2,1H3,(H,18,19,20). The van der Waals surface area contributed by atoms with Gasteiger partial charge in [0.1, 0.15) is 18.0 Å². The van der Waals surface area contributed by atoms with Gasteiger partial charge < -0.3 is 5.32 Å². The van der Waals surface area contributed by atoms with E-state index in [9.17, 15) is 4.39 Å². The quantitative estimate of drug-likeness (QED) is 0.771. The van der Waals surface area contributed by atoms with Crippen molar-refractivity contribution in [2.75, 3.05) is 11.9 Å². The Bertz CT molecular complexity index is 773. The molecule has 1 N–H and O–H groups in total. The van der Waals surface area contributed by atoms with E-state index in [-0.39, 0.29) is 5.82 Å². The van der Waals surface area contributed by atoms with Crippen LogP contribution in [0.3, 0.4) is 0 Å². The molecule has 1 aromatic carbocycles. The Labute approximate surface area is 130 Å². The van der Waals surface area contributed by atoms with Crippen molar-refractivity contribution >= 4 is 38.8 Å². The third-order valence-corrected chi connectivity index (χ3v) is 4.88. The number of nitrogens with zero attached hydrogens (tertiary/aromatic N) is 2. The highest BCUT2D eigenvalue weighted by Crippen LogP contribution is 2.36. The fraction of sp³-hybridized carbons (Fsp3) is 0.200. The molecule has 3 rings (SSSR count). The third-order valence-electron chi connectivity index (χ3n) is 3.28. The van der Waals surface area contributed by atoms with Crippen LogP contribution in [0.1, 0.15) is 10.4 Å². The van der Waals surface area contributed by atoms with Crippen LogP contribution < -0.4 is 5.32 Å². The van der Waals surface area contributed by atoms with E-state index in [4.69, 9.17) is 11.6 Å². The molecule has 0 aliphatic heterocycles. The summed E-state index contributed by atoms with van der Waals surface area (Å²) in [6, 6.07) is 4.74. The van der Waals surface area contributed by atoms with Crippen molar-refractivity contribution in [2.24, 2.45) is 0 Å². The van der Waals surface area contributed by atoms with Crippen molar-refractivity contribution in [1.82, 2.24) is 9.97 Å². The summed E-state index contributed by atoms with van der Waals surface area (Å²) in [7, 11) is 0. The normalized spacial score (nSPS) is 11.0. The number of aryl methyl sites for hydroxylation is 1. The molecule has 0 unspecified atom stereocenters. The van der Waals surface area contributed by atoms with E-state index in [0.717, 1.165) is 34.4 Å². The largest absolute Gasteiger partial charge is 0.370 e. The monoisotopic (exact) mass is 321 g/mol. The first-order valence-electron chi connectivity index (χ1n) is 6.52. The van der Waals surface area contributed by atoms with Gasteiger partial charge in [0.15, 0.2) is 0 Å². The first-order chi connectivity index (χ1) is 10.1. The maximum atomic E-state index is 13.6. The van der Waals surface area contributed by atoms with Crippen LogP contribution in [-0.2, 0) is 6.42 Å². The number of anilines is 1. The van der Waals surface area contributed by atoms with Gasteiger partial charge in [0.25, 0.3) is 0 Å². The number of aromatic nitrogens is 2. The number of fused-ring (bicyclic) bond motifs is 1. The Balaban J connectivity index is 1.82. The molecule has 0 bridgehead atoms. The van der Waals surface area contributed by atoms with E-state index in [1.807, 2.05) is 13.0 Å². The smallest absolute Gasteiger partial charge is 0.129 e. The number of nitrogens with one attached hydrogen (secondary N) is 1. The molecule has 0 aliphatic rings. The van der Waals surface area contributed by atoms with Crippen LogP contribution in [0.25, 0.3) is 10.1 Å². The summed E-state index contributed by atoms with van der Waals surface area (Å²) in [5, 5.41) is 4.62. The zero-order valence-electron chi connectivity index (χ0n) is 11.4. The molecule has 0 atom stereocenters. The van der Waals surface area contributed by atoms with Crippen molar-refractivity contribution in [3.05, 3.63) is 52.0 Å². The molecule has 2 aromatic heterocycles. The lowest BCUT2D eigenvalue weighted by molar-refractivity contribution is 0.630. The molecule has 0 radical (unpaired) electrons. The van der Waals surface area contributed by atoms with Crippen LogP contribution in [-0.4, -0.2) is 16.5 Å². The minimum absolute atomic E-state index is 0.296. The molecule has 0 spiro atoms. The third kappa shape index (κ3) is 2.99. The fourth-order valence-corrected chi connectivity index (χ4v) is 3.73. The van der Waals surface area contributed by atoms with Gasteiger partial charge in [0, 0.05) is 23.0 Å². The van der Waals surface area contributed by atoms with Crippen molar-refractivity contribution in [1.29, 1.82) is 0 Å². The van der Waals surface area contributed by atoms with E-state index in [2.05, 4.69) is 15.3 Å². The number of rotatable bonds is 4. The number of halogens is 2. The topological polar surface area (TPSA) is 37.8 Å². The van der Waals surface area contributed by atoms with E-state index in [0.29, 0.717) is 5.02 Å². The number of thiophene rings is 1. The van der Waals surface area contributed by atoms with Gasteiger partial charge in [-0.15, -0.1) is 11.3 Å². The van der Waals surface area contributed by atoms with Gasteiger partial charge in [-0.25, -0.2) is 14.4 Å². The molecule has 2 heterocycles. The summed E-state index contributed by atoms with van der Waals surface area (Å²) in [5.41, 5.74) is 1.14. The van der Waals surface area contributed by atoms with Crippen molar-refractivity contribution < 1.29 is 4.39 Å². The molecule has 108 valence electrons. The maximum absolute atomic E-state index is 13.6. The molecule has 0 aliphatic carbocycles. The maximum Gasteiger partial charge on any atom is 0.129 e. The molecule has 3 nitrogen and oxygen atoms in total. The lowest BCUT2D eigenvalue weighted by Gasteiger charge is -2.05. The number of hydrogen-bond donors (Lipinski definition) is 1. The van der Waals surface area contributed by atoms with Crippen LogP contribution in [0.4, 0.5) is 10.2 Å². The number of hydrogen-bond acceptors (Lipinski definition) is 4. The van der Waals surface area contributed by atoms with Crippen molar-refractivity contribution in [3.8, 4) is 0 Å². The summed E-state index contributed by atoms with van der Waals surface area (Å²) < 4.78 is 14.5. The van der Waals surface area contributed by atoms with Gasteiger partial charge in [-0.1, -0.05) is 11.6 Å². The molecule has 0 amide bonds. The van der Waals surface area contributed by atoms with E-state index >= 15 is 0 Å². The summed E-state index contributed by atoms with van der Waals surface area (Å²) in [5.74, 6) is 0.488. The fourth-order valence-electron chi connectivity index (χ4n) is 2.31. The van der Waals surface area contributed by atoms with Crippen LogP contribution in [0, 0.1) is 12.7 Å². The highest BCUT2D eigenvalue weighted by Gasteiger charge is 2.13. The first-order valence-corrected chi connectivity index (χ1v) is 7.71. The van der Waals surface area contributed by atoms with Gasteiger partial charge in [-0.3, -0.25) is 0 Å². The summed E-state index contributed by atoms with van der Waals surface area (Å²) in [6.07, 6.45) is 3.98. The second-order valence-corrected chi connectivity index (χ2v) is 6.30. The predicted molar refractivity (Wildman–Crippen MR) is 85.8 cm³/mol. The number of benzene rings is 1. The van der Waals surface area contributed by atoms with Gasteiger partial charge in [-0.2, -0.15) is 0 Å². The van der Waals surface area contributed by atoms with Crippen molar-refractivity contribution in [2.45, 2.75) is 13.3 Å². The van der Waals surface area contributed by atoms with E-state index < -0.39 is 0 Å². The predicted octanol–water partition coefficient (Wildman–Crippen LogP) is 4.45. The summed E-state index contributed by atoms with van der Waals surface area (Å²) in [6.45, 7) is 2.76. The molecule has 21 heavy (non-hydrogen) atoms. The second-order valence-electron chi connectivity index (χ2n) is 4.67. The van der Waals surface area contributed by atoms with E-state index in [1.165, 1.54) is 17.3 Å². The van der Waals surface area contributed by atoms with Crippen LogP contribution in [0.15, 0.2) is 30.7 Å². The second kappa shape index (κ2) is 5.95. The zero-order valence-corrected chi connectivity index (χ0v) is 12.9. The molecular formula is C15H13ClFN3S. The summed E-state index contributed by atoms with van der Waals surface area (Å²) >= 11 is 7.72. The SMILES string of the molecule is Cc1sc2c(Cl)cc(F)cc2c1CCNc1ccncn1. The Morgan fingerprint density at radius 2 is 2.24 bits per heavy atom. The molecule has 0 saturated carbocycles. The van der Waals surface area contributed by atoms with Crippen LogP contribution >= 0.6 is 22.9 Å². The Morgan fingerprint density at radius 3 is 3.00 bits per heavy atom. The van der Waals surface area contributed by atoms with Crippen molar-refractivity contribution in [3.63, 3.8) is 0 Å². The average Bonchev–Trinajstić information content (AvgIpc) is 2.77. The molecule has 0 saturated heterocycles. The van der Waals surface area contributed by atoms with Crippen LogP contribution in [0.2, 0.25) is 5.02 Å². The zero-order chi connectivity index (χ0) is 14.8. The minimum atomic E-state index is -0.296. The lowest BCUT2D eigenvalue weighted by atomic mass is 10.1. The van der Waals surface area contributed by atoms with Gasteiger partial charge in [-0.05, 0) is 37.1 Å². The Hall–Kier alpha value is -1.72. The Morgan fingerprint density at radius 1 is 1.38 bits per heavy atom. The van der Waals surface area contributed by atoms with E-state index in [1.54, 1.807) is 23.6 Å². The Kier molecular flexibility index (Phi) is 4.03. The average molecular weight is 322 g/mol. The minimum Gasteiger partial charge on any atom is -0.370 e. The molecule has 3 aromatic rings. The van der Waals surface area contributed by atoms with Gasteiger partial charge in [0.2, 0.25) is 0 Å². The van der Waals surface area contributed by atoms with Crippen LogP contribution in [0.5, 0.6) is 0 Å². The summed E-state index contributed by atoms with van der Waals surface area (Å²) in [4.78, 5) is 9.15. The molecule has 0 fully saturated rings. The first kappa shape index (κ1) is 14.2. The van der Waals surface area contributed by atoms with Gasteiger partial charge in [0.05, 0.1) is 9.72 Å². The lowest BCUT2D eigenvalue weighted by Crippen LogP contribution is -2.06. The highest BCUT2D eigenvalue weighted by atomic mass is 35.5. The van der Waals surface area contributed by atoms with Gasteiger partial charge >= 0.3 is 0 Å². The molecular weight excluding hydrogens is 309 g/mol. The molecule has 6 heteroatoms. The highest BCUT2D eigenvalue weighted by molar-refractivity contribution is 7.19.